The summed E-state index contributed by atoms with van der Waals surface area (Å²) in [5.74, 6) is -0.576. The Morgan fingerprint density at radius 1 is 0.973 bits per heavy atom. The normalized spacial score (nSPS) is 12.0. The second-order valence-electron chi connectivity index (χ2n) is 7.99. The lowest BCUT2D eigenvalue weighted by atomic mass is 9.97. The summed E-state index contributed by atoms with van der Waals surface area (Å²) in [5.41, 5.74) is 0.148. The van der Waals surface area contributed by atoms with Crippen LogP contribution in [-0.2, 0) is 12.7 Å². The van der Waals surface area contributed by atoms with Gasteiger partial charge in [-0.15, -0.1) is 13.2 Å². The van der Waals surface area contributed by atoms with Crippen molar-refractivity contribution in [3.05, 3.63) is 83.2 Å². The minimum absolute atomic E-state index is 0.0494. The van der Waals surface area contributed by atoms with Gasteiger partial charge in [0.2, 0.25) is 0 Å². The molecule has 0 atom stereocenters. The zero-order valence-corrected chi connectivity index (χ0v) is 19.4. The van der Waals surface area contributed by atoms with Crippen LogP contribution >= 0.6 is 0 Å². The molecular formula is C25H19F6N3O3. The van der Waals surface area contributed by atoms with E-state index in [2.05, 4.69) is 15.2 Å². The van der Waals surface area contributed by atoms with Crippen LogP contribution in [0.25, 0.3) is 16.6 Å². The molecule has 37 heavy (non-hydrogen) atoms. The SMILES string of the molecule is COc1ccn2nc(C)c(C(=O)NCc3ccc(-c4ccc(OC(F)(F)F)cc4)c(C(F)(F)F)c3)c2c1. The van der Waals surface area contributed by atoms with Crippen LogP contribution in [0.4, 0.5) is 26.3 Å². The Morgan fingerprint density at radius 3 is 2.30 bits per heavy atom. The van der Waals surface area contributed by atoms with Gasteiger partial charge in [-0.3, -0.25) is 4.79 Å². The average molecular weight is 523 g/mol. The molecule has 0 fully saturated rings. The van der Waals surface area contributed by atoms with Crippen LogP contribution in [0.1, 0.15) is 27.2 Å². The lowest BCUT2D eigenvalue weighted by Crippen LogP contribution is -2.23. The van der Waals surface area contributed by atoms with Crippen molar-refractivity contribution in [3.63, 3.8) is 0 Å². The van der Waals surface area contributed by atoms with Gasteiger partial charge in [-0.1, -0.05) is 24.3 Å². The highest BCUT2D eigenvalue weighted by atomic mass is 19.4. The molecule has 194 valence electrons. The molecule has 2 aromatic heterocycles. The lowest BCUT2D eigenvalue weighted by Gasteiger charge is -2.16. The molecule has 0 aliphatic carbocycles. The Morgan fingerprint density at radius 2 is 1.68 bits per heavy atom. The van der Waals surface area contributed by atoms with E-state index >= 15 is 0 Å². The minimum atomic E-state index is -4.92. The van der Waals surface area contributed by atoms with Crippen molar-refractivity contribution < 1.29 is 40.6 Å². The Hall–Kier alpha value is -4.22. The van der Waals surface area contributed by atoms with Gasteiger partial charge in [0.05, 0.1) is 29.4 Å². The van der Waals surface area contributed by atoms with Crippen molar-refractivity contribution >= 4 is 11.4 Å². The van der Waals surface area contributed by atoms with Crippen molar-refractivity contribution in [1.29, 1.82) is 0 Å². The highest BCUT2D eigenvalue weighted by Crippen LogP contribution is 2.38. The Kier molecular flexibility index (Phi) is 6.76. The van der Waals surface area contributed by atoms with Crippen molar-refractivity contribution in [2.45, 2.75) is 26.0 Å². The maximum absolute atomic E-state index is 13.9. The van der Waals surface area contributed by atoms with Crippen LogP contribution < -0.4 is 14.8 Å². The monoisotopic (exact) mass is 523 g/mol. The van der Waals surface area contributed by atoms with Gasteiger partial charge in [-0.25, -0.2) is 4.52 Å². The van der Waals surface area contributed by atoms with E-state index in [0.29, 0.717) is 17.0 Å². The summed E-state index contributed by atoms with van der Waals surface area (Å²) >= 11 is 0. The number of aromatic nitrogens is 2. The molecular weight excluding hydrogens is 504 g/mol. The van der Waals surface area contributed by atoms with Crippen LogP contribution in [-0.4, -0.2) is 29.0 Å². The van der Waals surface area contributed by atoms with Crippen LogP contribution in [0.5, 0.6) is 11.5 Å². The predicted molar refractivity (Wildman–Crippen MR) is 121 cm³/mol. The summed E-state index contributed by atoms with van der Waals surface area (Å²) in [6, 6.07) is 10.9. The minimum Gasteiger partial charge on any atom is -0.497 e. The Balaban J connectivity index is 1.58. The third kappa shape index (κ3) is 5.79. The van der Waals surface area contributed by atoms with E-state index in [1.807, 2.05) is 0 Å². The number of benzene rings is 2. The molecule has 0 unspecified atom stereocenters. The van der Waals surface area contributed by atoms with E-state index in [9.17, 15) is 31.1 Å². The van der Waals surface area contributed by atoms with Crippen molar-refractivity contribution in [2.75, 3.05) is 7.11 Å². The number of halogens is 6. The summed E-state index contributed by atoms with van der Waals surface area (Å²) < 4.78 is 89.1. The van der Waals surface area contributed by atoms with E-state index in [-0.39, 0.29) is 28.8 Å². The first-order valence-corrected chi connectivity index (χ1v) is 10.7. The zero-order valence-electron chi connectivity index (χ0n) is 19.4. The lowest BCUT2D eigenvalue weighted by molar-refractivity contribution is -0.274. The van der Waals surface area contributed by atoms with Gasteiger partial charge in [0.25, 0.3) is 5.91 Å². The molecule has 0 spiro atoms. The number of fused-ring (bicyclic) bond motifs is 1. The number of hydrogen-bond donors (Lipinski definition) is 1. The first-order chi connectivity index (χ1) is 17.4. The van der Waals surface area contributed by atoms with Crippen molar-refractivity contribution in [3.8, 4) is 22.6 Å². The number of hydrogen-bond acceptors (Lipinski definition) is 4. The van der Waals surface area contributed by atoms with Gasteiger partial charge in [-0.2, -0.15) is 18.3 Å². The standard InChI is InChI=1S/C25H19F6N3O3/c1-14-22(21-12-18(36-2)9-10-34(21)33-14)23(35)32-13-15-3-8-19(20(11-15)24(26,27)28)16-4-6-17(7-5-16)37-25(29,30)31/h3-12H,13H2,1-2H3,(H,32,35). The number of carbonyl (C=O) groups excluding carboxylic acids is 1. The average Bonchev–Trinajstić information content (AvgIpc) is 3.16. The molecule has 1 amide bonds. The number of methoxy groups -OCH3 is 1. The highest BCUT2D eigenvalue weighted by Gasteiger charge is 2.34. The van der Waals surface area contributed by atoms with Crippen LogP contribution in [0.15, 0.2) is 60.8 Å². The number of nitrogens with one attached hydrogen (secondary N) is 1. The van der Waals surface area contributed by atoms with Crippen LogP contribution in [0, 0.1) is 6.92 Å². The molecule has 12 heteroatoms. The summed E-state index contributed by atoms with van der Waals surface area (Å²) in [7, 11) is 1.47. The summed E-state index contributed by atoms with van der Waals surface area (Å²) in [6.07, 6.45) is -8.06. The molecule has 0 radical (unpaired) electrons. The van der Waals surface area contributed by atoms with E-state index in [4.69, 9.17) is 4.74 Å². The molecule has 0 bridgehead atoms. The maximum Gasteiger partial charge on any atom is 0.573 e. The van der Waals surface area contributed by atoms with Crippen molar-refractivity contribution in [2.24, 2.45) is 0 Å². The Labute approximate surface area is 206 Å². The largest absolute Gasteiger partial charge is 0.573 e. The number of amides is 1. The fourth-order valence-corrected chi connectivity index (χ4v) is 3.85. The van der Waals surface area contributed by atoms with E-state index < -0.39 is 29.8 Å². The smallest absolute Gasteiger partial charge is 0.497 e. The van der Waals surface area contributed by atoms with Crippen LogP contribution in [0.3, 0.4) is 0 Å². The highest BCUT2D eigenvalue weighted by molar-refractivity contribution is 6.02. The first kappa shape index (κ1) is 25.9. The van der Waals surface area contributed by atoms with Gasteiger partial charge < -0.3 is 14.8 Å². The maximum atomic E-state index is 13.9. The van der Waals surface area contributed by atoms with Crippen LogP contribution in [0.2, 0.25) is 0 Å². The van der Waals surface area contributed by atoms with Gasteiger partial charge in [-0.05, 0) is 47.9 Å². The topological polar surface area (TPSA) is 64.9 Å². The molecule has 0 aliphatic heterocycles. The third-order valence-corrected chi connectivity index (χ3v) is 5.49. The van der Waals surface area contributed by atoms with E-state index in [1.54, 1.807) is 25.3 Å². The number of carbonyl (C=O) groups is 1. The van der Waals surface area contributed by atoms with Gasteiger partial charge in [0, 0.05) is 18.8 Å². The summed E-state index contributed by atoms with van der Waals surface area (Å²) in [5, 5.41) is 6.88. The Bertz CT molecular complexity index is 1440. The fraction of sp³-hybridized carbons (Fsp3) is 0.200. The zero-order chi connectivity index (χ0) is 27.0. The fourth-order valence-electron chi connectivity index (χ4n) is 3.85. The van der Waals surface area contributed by atoms with E-state index in [0.717, 1.165) is 30.3 Å². The summed E-state index contributed by atoms with van der Waals surface area (Å²) in [6.45, 7) is 1.43. The van der Waals surface area contributed by atoms with Crippen molar-refractivity contribution in [1.82, 2.24) is 14.9 Å². The third-order valence-electron chi connectivity index (χ3n) is 5.49. The number of pyridine rings is 1. The number of alkyl halides is 6. The predicted octanol–water partition coefficient (Wildman–Crippen LogP) is 6.17. The second kappa shape index (κ2) is 9.68. The second-order valence-corrected chi connectivity index (χ2v) is 7.99. The van der Waals surface area contributed by atoms with Gasteiger partial charge >= 0.3 is 12.5 Å². The number of rotatable bonds is 6. The van der Waals surface area contributed by atoms with Gasteiger partial charge in [0.15, 0.2) is 0 Å². The molecule has 1 N–H and O–H groups in total. The molecule has 6 nitrogen and oxygen atoms in total. The number of nitrogens with zero attached hydrogens (tertiary/aromatic N) is 2. The van der Waals surface area contributed by atoms with E-state index in [1.165, 1.54) is 23.8 Å². The quantitative estimate of drug-likeness (QED) is 0.307. The number of ether oxygens (including phenoxy) is 2. The molecule has 0 saturated heterocycles. The molecule has 4 aromatic rings. The first-order valence-electron chi connectivity index (χ1n) is 10.7. The molecule has 2 heterocycles. The molecule has 0 aliphatic rings. The van der Waals surface area contributed by atoms with Gasteiger partial charge in [0.1, 0.15) is 11.5 Å². The number of aryl methyl sites for hydroxylation is 1. The molecule has 0 saturated carbocycles. The molecule has 2 aromatic carbocycles. The summed E-state index contributed by atoms with van der Waals surface area (Å²) in [4.78, 5) is 12.9. The molecule has 4 rings (SSSR count).